The Hall–Kier alpha value is -0.0800. The van der Waals surface area contributed by atoms with E-state index >= 15 is 0 Å². The molecule has 2 nitrogen and oxygen atoms in total. The fourth-order valence-electron chi connectivity index (χ4n) is 2.67. The lowest BCUT2D eigenvalue weighted by Crippen LogP contribution is -2.54. The van der Waals surface area contributed by atoms with E-state index < -0.39 is 0 Å². The second-order valence-corrected chi connectivity index (χ2v) is 5.08. The third-order valence-corrected chi connectivity index (χ3v) is 3.70. The molecule has 0 spiro atoms. The Balaban J connectivity index is 2.04. The molecule has 2 rings (SSSR count). The second-order valence-electron chi connectivity index (χ2n) is 5.08. The van der Waals surface area contributed by atoms with Crippen LogP contribution < -0.4 is 5.73 Å². The zero-order chi connectivity index (χ0) is 9.47. The Labute approximate surface area is 81.5 Å². The van der Waals surface area contributed by atoms with E-state index in [1.807, 2.05) is 0 Å². The first-order valence-electron chi connectivity index (χ1n) is 5.68. The van der Waals surface area contributed by atoms with Crippen molar-refractivity contribution in [3.8, 4) is 0 Å². The van der Waals surface area contributed by atoms with E-state index in [2.05, 4.69) is 18.7 Å². The molecule has 1 unspecified atom stereocenters. The molecule has 2 aliphatic rings. The van der Waals surface area contributed by atoms with Gasteiger partial charge in [0.15, 0.2) is 0 Å². The monoisotopic (exact) mass is 182 g/mol. The summed E-state index contributed by atoms with van der Waals surface area (Å²) in [6.45, 7) is 5.86. The molecule has 0 amide bonds. The molecule has 1 saturated heterocycles. The summed E-state index contributed by atoms with van der Waals surface area (Å²) in [5, 5.41) is 0. The van der Waals surface area contributed by atoms with Gasteiger partial charge in [0.25, 0.3) is 0 Å². The minimum Gasteiger partial charge on any atom is -0.324 e. The highest BCUT2D eigenvalue weighted by atomic mass is 15.2. The summed E-state index contributed by atoms with van der Waals surface area (Å²) in [5.74, 6) is 0. The van der Waals surface area contributed by atoms with Crippen molar-refractivity contribution >= 4 is 0 Å². The van der Waals surface area contributed by atoms with E-state index in [0.717, 1.165) is 0 Å². The first-order valence-corrected chi connectivity index (χ1v) is 5.68. The van der Waals surface area contributed by atoms with Crippen LogP contribution in [0.25, 0.3) is 0 Å². The van der Waals surface area contributed by atoms with Crippen LogP contribution in [-0.4, -0.2) is 29.1 Å². The van der Waals surface area contributed by atoms with Crippen LogP contribution in [0.15, 0.2) is 0 Å². The van der Waals surface area contributed by atoms with Gasteiger partial charge in [-0.3, -0.25) is 4.90 Å². The molecule has 1 heterocycles. The van der Waals surface area contributed by atoms with Crippen molar-refractivity contribution in [2.24, 2.45) is 5.73 Å². The smallest absolute Gasteiger partial charge is 0.0313 e. The number of nitrogens with zero attached hydrogens (tertiary/aromatic N) is 1. The van der Waals surface area contributed by atoms with Gasteiger partial charge >= 0.3 is 0 Å². The topological polar surface area (TPSA) is 29.3 Å². The number of rotatable bonds is 2. The summed E-state index contributed by atoms with van der Waals surface area (Å²) in [5.41, 5.74) is 6.51. The van der Waals surface area contributed by atoms with Crippen LogP contribution in [0.4, 0.5) is 0 Å². The highest BCUT2D eigenvalue weighted by Gasteiger charge is 2.48. The summed E-state index contributed by atoms with van der Waals surface area (Å²) in [4.78, 5) is 2.62. The Morgan fingerprint density at radius 1 is 1.31 bits per heavy atom. The Kier molecular flexibility index (Phi) is 2.37. The van der Waals surface area contributed by atoms with Gasteiger partial charge in [-0.25, -0.2) is 0 Å². The van der Waals surface area contributed by atoms with Crippen molar-refractivity contribution in [1.29, 1.82) is 0 Å². The first kappa shape index (κ1) is 9.47. The molecule has 2 heteroatoms. The standard InChI is InChI=1S/C11H22N2/c1-9(2)13-8-4-3-5-10(13)11(12)6-7-11/h9-10H,3-8,12H2,1-2H3. The van der Waals surface area contributed by atoms with Crippen molar-refractivity contribution < 1.29 is 0 Å². The fourth-order valence-corrected chi connectivity index (χ4v) is 2.67. The average molecular weight is 182 g/mol. The Morgan fingerprint density at radius 2 is 2.00 bits per heavy atom. The van der Waals surface area contributed by atoms with Gasteiger partial charge in [-0.05, 0) is 46.1 Å². The summed E-state index contributed by atoms with van der Waals surface area (Å²) < 4.78 is 0. The number of hydrogen-bond acceptors (Lipinski definition) is 2. The molecule has 1 atom stereocenters. The first-order chi connectivity index (χ1) is 6.13. The lowest BCUT2D eigenvalue weighted by molar-refractivity contribution is 0.0866. The van der Waals surface area contributed by atoms with E-state index in [-0.39, 0.29) is 5.54 Å². The Bertz CT molecular complexity index is 185. The van der Waals surface area contributed by atoms with Gasteiger partial charge in [-0.1, -0.05) is 6.42 Å². The fraction of sp³-hybridized carbons (Fsp3) is 1.00. The van der Waals surface area contributed by atoms with Crippen LogP contribution in [0.2, 0.25) is 0 Å². The predicted octanol–water partition coefficient (Wildman–Crippen LogP) is 1.74. The normalized spacial score (nSPS) is 33.7. The van der Waals surface area contributed by atoms with Crippen LogP contribution in [0.1, 0.15) is 46.0 Å². The van der Waals surface area contributed by atoms with Crippen LogP contribution >= 0.6 is 0 Å². The molecular formula is C11H22N2. The molecule has 0 aromatic carbocycles. The van der Waals surface area contributed by atoms with Gasteiger partial charge in [-0.2, -0.15) is 0 Å². The molecule has 0 bridgehead atoms. The summed E-state index contributed by atoms with van der Waals surface area (Å²) in [6, 6.07) is 1.35. The zero-order valence-corrected chi connectivity index (χ0v) is 8.92. The maximum atomic E-state index is 6.31. The maximum absolute atomic E-state index is 6.31. The van der Waals surface area contributed by atoms with E-state index in [4.69, 9.17) is 5.73 Å². The SMILES string of the molecule is CC(C)N1CCCCC1C1(N)CC1. The van der Waals surface area contributed by atoms with E-state index in [1.165, 1.54) is 38.6 Å². The molecule has 1 aliphatic carbocycles. The molecule has 0 radical (unpaired) electrons. The number of nitrogens with two attached hydrogens (primary N) is 1. The molecule has 1 aliphatic heterocycles. The minimum absolute atomic E-state index is 0.199. The van der Waals surface area contributed by atoms with Crippen molar-refractivity contribution in [1.82, 2.24) is 4.90 Å². The molecule has 2 N–H and O–H groups in total. The molecule has 2 fully saturated rings. The predicted molar refractivity (Wildman–Crippen MR) is 55.6 cm³/mol. The molecule has 0 aromatic heterocycles. The van der Waals surface area contributed by atoms with Crippen molar-refractivity contribution in [2.75, 3.05) is 6.54 Å². The van der Waals surface area contributed by atoms with Gasteiger partial charge < -0.3 is 5.73 Å². The molecule has 76 valence electrons. The largest absolute Gasteiger partial charge is 0.324 e. The highest BCUT2D eigenvalue weighted by Crippen LogP contribution is 2.42. The molecular weight excluding hydrogens is 160 g/mol. The van der Waals surface area contributed by atoms with Gasteiger partial charge in [0, 0.05) is 17.6 Å². The maximum Gasteiger partial charge on any atom is 0.0313 e. The van der Waals surface area contributed by atoms with Gasteiger partial charge in [-0.15, -0.1) is 0 Å². The number of piperidine rings is 1. The second kappa shape index (κ2) is 3.25. The third kappa shape index (κ3) is 1.75. The lowest BCUT2D eigenvalue weighted by atomic mass is 9.93. The van der Waals surface area contributed by atoms with Crippen molar-refractivity contribution in [2.45, 2.75) is 63.6 Å². The highest BCUT2D eigenvalue weighted by molar-refractivity contribution is 5.09. The lowest BCUT2D eigenvalue weighted by Gasteiger charge is -2.42. The van der Waals surface area contributed by atoms with Crippen LogP contribution in [0.5, 0.6) is 0 Å². The third-order valence-electron chi connectivity index (χ3n) is 3.70. The Morgan fingerprint density at radius 3 is 2.54 bits per heavy atom. The van der Waals surface area contributed by atoms with E-state index in [1.54, 1.807) is 0 Å². The molecule has 0 aromatic rings. The summed E-state index contributed by atoms with van der Waals surface area (Å²) >= 11 is 0. The van der Waals surface area contributed by atoms with Gasteiger partial charge in [0.1, 0.15) is 0 Å². The zero-order valence-electron chi connectivity index (χ0n) is 8.92. The number of hydrogen-bond donors (Lipinski definition) is 1. The van der Waals surface area contributed by atoms with Gasteiger partial charge in [0.2, 0.25) is 0 Å². The number of likely N-dealkylation sites (tertiary alicyclic amines) is 1. The van der Waals surface area contributed by atoms with Crippen molar-refractivity contribution in [3.63, 3.8) is 0 Å². The van der Waals surface area contributed by atoms with E-state index in [9.17, 15) is 0 Å². The summed E-state index contributed by atoms with van der Waals surface area (Å²) in [6.07, 6.45) is 6.58. The van der Waals surface area contributed by atoms with Crippen LogP contribution in [0, 0.1) is 0 Å². The van der Waals surface area contributed by atoms with E-state index in [0.29, 0.717) is 12.1 Å². The molecule has 13 heavy (non-hydrogen) atoms. The van der Waals surface area contributed by atoms with Gasteiger partial charge in [0.05, 0.1) is 0 Å². The molecule has 1 saturated carbocycles. The quantitative estimate of drug-likeness (QED) is 0.705. The minimum atomic E-state index is 0.199. The van der Waals surface area contributed by atoms with Crippen molar-refractivity contribution in [3.05, 3.63) is 0 Å². The summed E-state index contributed by atoms with van der Waals surface area (Å²) in [7, 11) is 0. The average Bonchev–Trinajstić information content (AvgIpc) is 2.85. The van der Waals surface area contributed by atoms with Crippen LogP contribution in [-0.2, 0) is 0 Å². The van der Waals surface area contributed by atoms with Crippen LogP contribution in [0.3, 0.4) is 0 Å².